The molecule has 0 fully saturated rings. The van der Waals surface area contributed by atoms with E-state index in [1.165, 1.54) is 12.7 Å². The van der Waals surface area contributed by atoms with Crippen molar-refractivity contribution in [2.45, 2.75) is 32.2 Å². The van der Waals surface area contributed by atoms with E-state index >= 15 is 0 Å². The molecule has 0 radical (unpaired) electrons. The topological polar surface area (TPSA) is 88.0 Å². The quantitative estimate of drug-likeness (QED) is 0.726. The number of carbonyl (C=O) groups is 1. The van der Waals surface area contributed by atoms with E-state index in [0.29, 0.717) is 12.4 Å². The summed E-state index contributed by atoms with van der Waals surface area (Å²) in [7, 11) is 0. The molecule has 1 unspecified atom stereocenters. The van der Waals surface area contributed by atoms with E-state index in [0.717, 1.165) is 12.8 Å². The van der Waals surface area contributed by atoms with Crippen molar-refractivity contribution >= 4 is 11.9 Å². The van der Waals surface area contributed by atoms with Crippen LogP contribution in [-0.4, -0.2) is 32.1 Å². The SMILES string of the molecule is CCCCC(Nc1ncncn1)C(=O)O. The van der Waals surface area contributed by atoms with Gasteiger partial charge in [-0.15, -0.1) is 0 Å². The number of aromatic nitrogens is 3. The van der Waals surface area contributed by atoms with Crippen molar-refractivity contribution in [1.82, 2.24) is 15.0 Å². The molecule has 0 amide bonds. The molecular formula is C9H14N4O2. The fourth-order valence-electron chi connectivity index (χ4n) is 1.14. The van der Waals surface area contributed by atoms with E-state index in [1.54, 1.807) is 0 Å². The van der Waals surface area contributed by atoms with Gasteiger partial charge in [-0.3, -0.25) is 0 Å². The fraction of sp³-hybridized carbons (Fsp3) is 0.556. The summed E-state index contributed by atoms with van der Waals surface area (Å²) in [6.07, 6.45) is 5.04. The molecule has 0 aromatic carbocycles. The lowest BCUT2D eigenvalue weighted by molar-refractivity contribution is -0.138. The maximum Gasteiger partial charge on any atom is 0.326 e. The Bertz CT molecular complexity index is 304. The van der Waals surface area contributed by atoms with Crippen molar-refractivity contribution < 1.29 is 9.90 Å². The summed E-state index contributed by atoms with van der Waals surface area (Å²) in [5.74, 6) is -0.586. The molecule has 0 aliphatic heterocycles. The van der Waals surface area contributed by atoms with E-state index in [9.17, 15) is 4.79 Å². The van der Waals surface area contributed by atoms with Crippen LogP contribution in [0.5, 0.6) is 0 Å². The number of aliphatic carboxylic acids is 1. The number of carboxylic acid groups (broad SMARTS) is 1. The molecule has 1 aromatic heterocycles. The first-order valence-corrected chi connectivity index (χ1v) is 4.85. The maximum absolute atomic E-state index is 10.9. The third-order valence-corrected chi connectivity index (χ3v) is 1.94. The first-order chi connectivity index (χ1) is 7.24. The maximum atomic E-state index is 10.9. The van der Waals surface area contributed by atoms with Crippen molar-refractivity contribution in [2.75, 3.05) is 5.32 Å². The second kappa shape index (κ2) is 5.90. The molecule has 1 atom stereocenters. The van der Waals surface area contributed by atoms with Gasteiger partial charge < -0.3 is 10.4 Å². The highest BCUT2D eigenvalue weighted by molar-refractivity contribution is 5.76. The van der Waals surface area contributed by atoms with Crippen LogP contribution in [0.25, 0.3) is 0 Å². The van der Waals surface area contributed by atoms with Gasteiger partial charge in [-0.25, -0.2) is 19.7 Å². The van der Waals surface area contributed by atoms with Crippen LogP contribution < -0.4 is 5.32 Å². The molecule has 15 heavy (non-hydrogen) atoms. The van der Waals surface area contributed by atoms with Gasteiger partial charge in [-0.05, 0) is 6.42 Å². The predicted molar refractivity (Wildman–Crippen MR) is 54.4 cm³/mol. The molecule has 0 bridgehead atoms. The lowest BCUT2D eigenvalue weighted by Gasteiger charge is -2.12. The zero-order valence-corrected chi connectivity index (χ0v) is 8.55. The predicted octanol–water partition coefficient (Wildman–Crippen LogP) is 0.927. The Labute approximate surface area is 87.8 Å². The molecule has 1 aromatic rings. The van der Waals surface area contributed by atoms with Crippen molar-refractivity contribution in [3.63, 3.8) is 0 Å². The van der Waals surface area contributed by atoms with Gasteiger partial charge in [0.15, 0.2) is 0 Å². The van der Waals surface area contributed by atoms with Gasteiger partial charge in [-0.2, -0.15) is 0 Å². The van der Waals surface area contributed by atoms with E-state index in [1.807, 2.05) is 6.92 Å². The Hall–Kier alpha value is -1.72. The average Bonchev–Trinajstić information content (AvgIpc) is 2.25. The molecule has 0 saturated carbocycles. The van der Waals surface area contributed by atoms with Gasteiger partial charge in [0, 0.05) is 0 Å². The first kappa shape index (κ1) is 11.4. The number of hydrogen-bond acceptors (Lipinski definition) is 5. The molecule has 1 rings (SSSR count). The molecule has 82 valence electrons. The van der Waals surface area contributed by atoms with Crippen molar-refractivity contribution in [3.8, 4) is 0 Å². The number of unbranched alkanes of at least 4 members (excludes halogenated alkanes) is 1. The molecular weight excluding hydrogens is 196 g/mol. The summed E-state index contributed by atoms with van der Waals surface area (Å²) >= 11 is 0. The van der Waals surface area contributed by atoms with Crippen molar-refractivity contribution in [2.24, 2.45) is 0 Å². The molecule has 0 aliphatic rings. The van der Waals surface area contributed by atoms with Crippen LogP contribution in [0.15, 0.2) is 12.7 Å². The van der Waals surface area contributed by atoms with Crippen LogP contribution >= 0.6 is 0 Å². The van der Waals surface area contributed by atoms with Crippen LogP contribution in [0, 0.1) is 0 Å². The monoisotopic (exact) mass is 210 g/mol. The Kier molecular flexibility index (Phi) is 4.46. The second-order valence-electron chi connectivity index (χ2n) is 3.14. The highest BCUT2D eigenvalue weighted by atomic mass is 16.4. The number of nitrogens with zero attached hydrogens (tertiary/aromatic N) is 3. The minimum Gasteiger partial charge on any atom is -0.480 e. The highest BCUT2D eigenvalue weighted by Crippen LogP contribution is 2.06. The molecule has 6 heteroatoms. The van der Waals surface area contributed by atoms with Gasteiger partial charge in [0.05, 0.1) is 0 Å². The number of hydrogen-bond donors (Lipinski definition) is 2. The Morgan fingerprint density at radius 1 is 1.53 bits per heavy atom. The third-order valence-electron chi connectivity index (χ3n) is 1.94. The van der Waals surface area contributed by atoms with Gasteiger partial charge in [-0.1, -0.05) is 19.8 Å². The van der Waals surface area contributed by atoms with Gasteiger partial charge in [0.2, 0.25) is 5.95 Å². The van der Waals surface area contributed by atoms with E-state index in [4.69, 9.17) is 5.11 Å². The van der Waals surface area contributed by atoms with Crippen LogP contribution in [0.3, 0.4) is 0 Å². The van der Waals surface area contributed by atoms with E-state index in [2.05, 4.69) is 20.3 Å². The summed E-state index contributed by atoms with van der Waals surface area (Å²) in [5, 5.41) is 11.7. The molecule has 1 heterocycles. The van der Waals surface area contributed by atoms with Gasteiger partial charge in [0.1, 0.15) is 18.7 Å². The van der Waals surface area contributed by atoms with Gasteiger partial charge >= 0.3 is 5.97 Å². The van der Waals surface area contributed by atoms with Crippen LogP contribution in [0.4, 0.5) is 5.95 Å². The second-order valence-corrected chi connectivity index (χ2v) is 3.14. The average molecular weight is 210 g/mol. The first-order valence-electron chi connectivity index (χ1n) is 4.85. The zero-order valence-electron chi connectivity index (χ0n) is 8.55. The lowest BCUT2D eigenvalue weighted by Crippen LogP contribution is -2.30. The standard InChI is InChI=1S/C9H14N4O2/c1-2-3-4-7(8(14)15)13-9-11-5-10-6-12-9/h5-7H,2-4H2,1H3,(H,14,15)(H,10,11,12,13). The fourth-order valence-corrected chi connectivity index (χ4v) is 1.14. The number of nitrogens with one attached hydrogen (secondary N) is 1. The molecule has 6 nitrogen and oxygen atoms in total. The highest BCUT2D eigenvalue weighted by Gasteiger charge is 2.16. The van der Waals surface area contributed by atoms with Crippen molar-refractivity contribution in [3.05, 3.63) is 12.7 Å². The Morgan fingerprint density at radius 3 is 2.73 bits per heavy atom. The third kappa shape index (κ3) is 3.88. The number of anilines is 1. The van der Waals surface area contributed by atoms with Crippen molar-refractivity contribution in [1.29, 1.82) is 0 Å². The molecule has 0 spiro atoms. The summed E-state index contributed by atoms with van der Waals surface area (Å²) in [6.45, 7) is 2.02. The largest absolute Gasteiger partial charge is 0.480 e. The Balaban J connectivity index is 2.55. The van der Waals surface area contributed by atoms with Gasteiger partial charge in [0.25, 0.3) is 0 Å². The van der Waals surface area contributed by atoms with Crippen LogP contribution in [0.2, 0.25) is 0 Å². The number of carboxylic acids is 1. The molecule has 0 aliphatic carbocycles. The molecule has 0 saturated heterocycles. The smallest absolute Gasteiger partial charge is 0.326 e. The zero-order chi connectivity index (χ0) is 11.1. The minimum atomic E-state index is -0.885. The molecule has 2 N–H and O–H groups in total. The number of rotatable bonds is 6. The Morgan fingerprint density at radius 2 is 2.20 bits per heavy atom. The summed E-state index contributed by atoms with van der Waals surface area (Å²) in [4.78, 5) is 22.2. The van der Waals surface area contributed by atoms with E-state index in [-0.39, 0.29) is 0 Å². The van der Waals surface area contributed by atoms with Crippen LogP contribution in [0.1, 0.15) is 26.2 Å². The minimum absolute atomic E-state index is 0.300. The summed E-state index contributed by atoms with van der Waals surface area (Å²) in [6, 6.07) is -0.632. The summed E-state index contributed by atoms with van der Waals surface area (Å²) < 4.78 is 0. The lowest BCUT2D eigenvalue weighted by atomic mass is 10.1. The van der Waals surface area contributed by atoms with Crippen LogP contribution in [-0.2, 0) is 4.79 Å². The van der Waals surface area contributed by atoms with E-state index < -0.39 is 12.0 Å². The normalized spacial score (nSPS) is 12.1. The summed E-state index contributed by atoms with van der Waals surface area (Å²) in [5.41, 5.74) is 0.